The molecule has 3 N–H and O–H groups in total. The standard InChI is InChI=1S/C15H22FN3O/c1-11-9-12(17)10-13(14(11)16)15(20)18-5-8-19-6-3-2-4-7-19/h9-10H,2-8,17H2,1H3,(H,18,20). The molecule has 0 atom stereocenters. The van der Waals surface area contributed by atoms with Crippen molar-refractivity contribution in [3.63, 3.8) is 0 Å². The lowest BCUT2D eigenvalue weighted by atomic mass is 10.1. The Hall–Kier alpha value is -1.62. The number of nitrogen functional groups attached to an aromatic ring is 1. The fourth-order valence-corrected chi connectivity index (χ4v) is 2.57. The number of halogens is 1. The first-order chi connectivity index (χ1) is 9.58. The predicted molar refractivity (Wildman–Crippen MR) is 78.2 cm³/mol. The average molecular weight is 279 g/mol. The van der Waals surface area contributed by atoms with Gasteiger partial charge in [0.2, 0.25) is 0 Å². The van der Waals surface area contributed by atoms with Crippen molar-refractivity contribution in [1.82, 2.24) is 10.2 Å². The first kappa shape index (κ1) is 14.8. The van der Waals surface area contributed by atoms with Crippen molar-refractivity contribution in [1.29, 1.82) is 0 Å². The van der Waals surface area contributed by atoms with Gasteiger partial charge in [-0.15, -0.1) is 0 Å². The number of rotatable bonds is 4. The molecule has 110 valence electrons. The van der Waals surface area contributed by atoms with Crippen LogP contribution in [-0.2, 0) is 0 Å². The quantitative estimate of drug-likeness (QED) is 0.828. The van der Waals surface area contributed by atoms with E-state index in [1.807, 2.05) is 0 Å². The van der Waals surface area contributed by atoms with Gasteiger partial charge in [0.15, 0.2) is 0 Å². The highest BCUT2D eigenvalue weighted by molar-refractivity contribution is 5.95. The van der Waals surface area contributed by atoms with Crippen LogP contribution in [0.1, 0.15) is 35.2 Å². The number of nitrogens with two attached hydrogens (primary N) is 1. The number of nitrogens with zero attached hydrogens (tertiary/aromatic N) is 1. The molecule has 1 aliphatic heterocycles. The Balaban J connectivity index is 1.88. The van der Waals surface area contributed by atoms with Crippen LogP contribution in [0.5, 0.6) is 0 Å². The van der Waals surface area contributed by atoms with E-state index >= 15 is 0 Å². The van der Waals surface area contributed by atoms with E-state index in [1.165, 1.54) is 31.4 Å². The van der Waals surface area contributed by atoms with Gasteiger partial charge in [-0.1, -0.05) is 6.42 Å². The number of hydrogen-bond acceptors (Lipinski definition) is 3. The molecular formula is C15H22FN3O. The first-order valence-electron chi connectivity index (χ1n) is 7.14. The van der Waals surface area contributed by atoms with Crippen LogP contribution in [0.15, 0.2) is 12.1 Å². The van der Waals surface area contributed by atoms with E-state index in [0.29, 0.717) is 17.8 Å². The third-order valence-corrected chi connectivity index (χ3v) is 3.68. The molecule has 1 amide bonds. The maximum absolute atomic E-state index is 13.9. The van der Waals surface area contributed by atoms with Crippen LogP contribution in [-0.4, -0.2) is 37.0 Å². The van der Waals surface area contributed by atoms with Crippen molar-refractivity contribution in [2.45, 2.75) is 26.2 Å². The number of nitrogens with one attached hydrogen (secondary N) is 1. The molecule has 0 spiro atoms. The van der Waals surface area contributed by atoms with E-state index < -0.39 is 11.7 Å². The third-order valence-electron chi connectivity index (χ3n) is 3.68. The number of hydrogen-bond donors (Lipinski definition) is 2. The van der Waals surface area contributed by atoms with Gasteiger partial charge >= 0.3 is 0 Å². The van der Waals surface area contributed by atoms with Gasteiger partial charge in [0.25, 0.3) is 5.91 Å². The number of aryl methyl sites for hydroxylation is 1. The molecular weight excluding hydrogens is 257 g/mol. The zero-order chi connectivity index (χ0) is 14.5. The number of benzene rings is 1. The Morgan fingerprint density at radius 3 is 2.75 bits per heavy atom. The van der Waals surface area contributed by atoms with Gasteiger partial charge in [-0.2, -0.15) is 0 Å². The van der Waals surface area contributed by atoms with Crippen LogP contribution in [0.2, 0.25) is 0 Å². The van der Waals surface area contributed by atoms with Crippen LogP contribution in [0.4, 0.5) is 10.1 Å². The van der Waals surface area contributed by atoms with Crippen molar-refractivity contribution in [2.75, 3.05) is 31.9 Å². The van der Waals surface area contributed by atoms with Crippen molar-refractivity contribution in [3.05, 3.63) is 29.1 Å². The van der Waals surface area contributed by atoms with E-state index in [4.69, 9.17) is 5.73 Å². The molecule has 20 heavy (non-hydrogen) atoms. The van der Waals surface area contributed by atoms with E-state index in [1.54, 1.807) is 6.92 Å². The van der Waals surface area contributed by atoms with Crippen molar-refractivity contribution >= 4 is 11.6 Å². The molecule has 1 aliphatic rings. The first-order valence-corrected chi connectivity index (χ1v) is 7.14. The molecule has 1 saturated heterocycles. The fraction of sp³-hybridized carbons (Fsp3) is 0.533. The molecule has 0 aromatic heterocycles. The summed E-state index contributed by atoms with van der Waals surface area (Å²) in [4.78, 5) is 14.3. The maximum atomic E-state index is 13.9. The number of amides is 1. The van der Waals surface area contributed by atoms with Crippen LogP contribution in [0.25, 0.3) is 0 Å². The largest absolute Gasteiger partial charge is 0.399 e. The lowest BCUT2D eigenvalue weighted by Crippen LogP contribution is -2.37. The smallest absolute Gasteiger partial charge is 0.254 e. The highest BCUT2D eigenvalue weighted by atomic mass is 19.1. The molecule has 1 aromatic carbocycles. The zero-order valence-electron chi connectivity index (χ0n) is 11.9. The van der Waals surface area contributed by atoms with Gasteiger partial charge in [-0.05, 0) is 50.6 Å². The average Bonchev–Trinajstić information content (AvgIpc) is 2.44. The predicted octanol–water partition coefficient (Wildman–Crippen LogP) is 1.93. The number of anilines is 1. The highest BCUT2D eigenvalue weighted by Gasteiger charge is 2.15. The summed E-state index contributed by atoms with van der Waals surface area (Å²) >= 11 is 0. The van der Waals surface area contributed by atoms with Crippen LogP contribution in [0.3, 0.4) is 0 Å². The Morgan fingerprint density at radius 2 is 2.05 bits per heavy atom. The summed E-state index contributed by atoms with van der Waals surface area (Å²) in [5.41, 5.74) is 6.49. The Kier molecular flexibility index (Phi) is 4.95. The molecule has 1 fully saturated rings. The Morgan fingerprint density at radius 1 is 1.35 bits per heavy atom. The number of carbonyl (C=O) groups is 1. The van der Waals surface area contributed by atoms with Gasteiger partial charge in [-0.25, -0.2) is 4.39 Å². The summed E-state index contributed by atoms with van der Waals surface area (Å²) in [5, 5.41) is 2.77. The summed E-state index contributed by atoms with van der Waals surface area (Å²) in [7, 11) is 0. The third kappa shape index (κ3) is 3.70. The van der Waals surface area contributed by atoms with E-state index in [2.05, 4.69) is 10.2 Å². The van der Waals surface area contributed by atoms with Crippen LogP contribution < -0.4 is 11.1 Å². The van der Waals surface area contributed by atoms with Gasteiger partial charge in [0.1, 0.15) is 5.82 Å². The molecule has 1 heterocycles. The zero-order valence-corrected chi connectivity index (χ0v) is 11.9. The summed E-state index contributed by atoms with van der Waals surface area (Å²) in [6, 6.07) is 2.92. The van der Waals surface area contributed by atoms with Gasteiger partial charge < -0.3 is 16.0 Å². The lowest BCUT2D eigenvalue weighted by molar-refractivity contribution is 0.0942. The normalized spacial score (nSPS) is 16.1. The minimum absolute atomic E-state index is 0.0288. The van der Waals surface area contributed by atoms with Gasteiger partial charge in [-0.3, -0.25) is 4.79 Å². The van der Waals surface area contributed by atoms with Crippen molar-refractivity contribution in [3.8, 4) is 0 Å². The second-order valence-electron chi connectivity index (χ2n) is 5.36. The molecule has 2 rings (SSSR count). The summed E-state index contributed by atoms with van der Waals surface area (Å²) in [6.07, 6.45) is 3.73. The van der Waals surface area contributed by atoms with Crippen LogP contribution in [0, 0.1) is 12.7 Å². The van der Waals surface area contributed by atoms with Crippen molar-refractivity contribution < 1.29 is 9.18 Å². The summed E-state index contributed by atoms with van der Waals surface area (Å²) in [5.74, 6) is -0.885. The van der Waals surface area contributed by atoms with E-state index in [9.17, 15) is 9.18 Å². The molecule has 0 unspecified atom stereocenters. The van der Waals surface area contributed by atoms with Gasteiger partial charge in [0.05, 0.1) is 5.56 Å². The number of carbonyl (C=O) groups excluding carboxylic acids is 1. The number of piperidine rings is 1. The van der Waals surface area contributed by atoms with Gasteiger partial charge in [0, 0.05) is 18.8 Å². The Bertz CT molecular complexity index is 484. The maximum Gasteiger partial charge on any atom is 0.254 e. The van der Waals surface area contributed by atoms with Crippen molar-refractivity contribution in [2.24, 2.45) is 0 Å². The SMILES string of the molecule is Cc1cc(N)cc(C(=O)NCCN2CCCCC2)c1F. The molecule has 1 aromatic rings. The monoisotopic (exact) mass is 279 g/mol. The highest BCUT2D eigenvalue weighted by Crippen LogP contribution is 2.17. The topological polar surface area (TPSA) is 58.4 Å². The Labute approximate surface area is 119 Å². The van der Waals surface area contributed by atoms with Crippen LogP contribution >= 0.6 is 0 Å². The summed E-state index contributed by atoms with van der Waals surface area (Å²) < 4.78 is 13.9. The molecule has 0 saturated carbocycles. The fourth-order valence-electron chi connectivity index (χ4n) is 2.57. The summed E-state index contributed by atoms with van der Waals surface area (Å²) in [6.45, 7) is 5.13. The molecule has 0 radical (unpaired) electrons. The molecule has 0 bridgehead atoms. The minimum Gasteiger partial charge on any atom is -0.399 e. The second kappa shape index (κ2) is 6.70. The minimum atomic E-state index is -0.491. The number of likely N-dealkylation sites (tertiary alicyclic amines) is 1. The van der Waals surface area contributed by atoms with E-state index in [-0.39, 0.29) is 5.56 Å². The lowest BCUT2D eigenvalue weighted by Gasteiger charge is -2.26. The molecule has 4 nitrogen and oxygen atoms in total. The van der Waals surface area contributed by atoms with E-state index in [0.717, 1.165) is 19.6 Å². The molecule has 0 aliphatic carbocycles. The second-order valence-corrected chi connectivity index (χ2v) is 5.36. The molecule has 5 heteroatoms.